The molecule has 0 bridgehead atoms. The van der Waals surface area contributed by atoms with E-state index in [1.807, 2.05) is 18.2 Å². The van der Waals surface area contributed by atoms with Gasteiger partial charge in [0.2, 0.25) is 0 Å². The summed E-state index contributed by atoms with van der Waals surface area (Å²) in [6.07, 6.45) is 1.19. The number of thioether (sulfide) groups is 1. The summed E-state index contributed by atoms with van der Waals surface area (Å²) in [5.41, 5.74) is 1.30. The number of aliphatic hydroxyl groups excluding tert-OH is 1. The summed E-state index contributed by atoms with van der Waals surface area (Å²) in [5, 5.41) is 9.20. The third-order valence-corrected chi connectivity index (χ3v) is 2.79. The van der Waals surface area contributed by atoms with Gasteiger partial charge in [-0.1, -0.05) is 36.4 Å². The highest BCUT2D eigenvalue weighted by atomic mass is 32.2. The Labute approximate surface area is 83.5 Å². The Morgan fingerprint density at radius 1 is 1.38 bits per heavy atom. The second-order valence-corrected chi connectivity index (χ2v) is 3.83. The topological polar surface area (TPSA) is 20.2 Å². The maximum Gasteiger partial charge on any atom is 0.0808 e. The Morgan fingerprint density at radius 2 is 2.08 bits per heavy atom. The third-order valence-electron chi connectivity index (χ3n) is 1.67. The van der Waals surface area contributed by atoms with E-state index in [2.05, 4.69) is 18.7 Å². The average Bonchev–Trinajstić information content (AvgIpc) is 2.19. The standard InChI is InChI=1S/C11H14OS/c1-2-11(12)9-13-8-10-6-4-3-5-7-10/h2-7,11-12H,1,8-9H2/t11-/m0/s1. The lowest BCUT2D eigenvalue weighted by Gasteiger charge is -2.04. The molecule has 0 saturated carbocycles. The Kier molecular flexibility index (Phi) is 4.65. The minimum atomic E-state index is -0.381. The molecule has 0 spiro atoms. The van der Waals surface area contributed by atoms with Gasteiger partial charge in [0.15, 0.2) is 0 Å². The van der Waals surface area contributed by atoms with Crippen molar-refractivity contribution in [1.29, 1.82) is 0 Å². The second-order valence-electron chi connectivity index (χ2n) is 2.80. The smallest absolute Gasteiger partial charge is 0.0808 e. The number of hydrogen-bond donors (Lipinski definition) is 1. The zero-order valence-corrected chi connectivity index (χ0v) is 8.33. The molecule has 1 atom stereocenters. The van der Waals surface area contributed by atoms with Crippen molar-refractivity contribution in [3.8, 4) is 0 Å². The van der Waals surface area contributed by atoms with Crippen LogP contribution in [0.3, 0.4) is 0 Å². The van der Waals surface area contributed by atoms with Crippen molar-refractivity contribution in [2.24, 2.45) is 0 Å². The van der Waals surface area contributed by atoms with Crippen LogP contribution in [-0.4, -0.2) is 17.0 Å². The molecule has 13 heavy (non-hydrogen) atoms. The van der Waals surface area contributed by atoms with Gasteiger partial charge in [0.1, 0.15) is 0 Å². The van der Waals surface area contributed by atoms with Crippen LogP contribution in [-0.2, 0) is 5.75 Å². The summed E-state index contributed by atoms with van der Waals surface area (Å²) in [4.78, 5) is 0. The van der Waals surface area contributed by atoms with E-state index in [0.29, 0.717) is 0 Å². The van der Waals surface area contributed by atoms with E-state index < -0.39 is 0 Å². The monoisotopic (exact) mass is 194 g/mol. The largest absolute Gasteiger partial charge is 0.388 e. The highest BCUT2D eigenvalue weighted by Crippen LogP contribution is 2.12. The summed E-state index contributed by atoms with van der Waals surface area (Å²) in [6.45, 7) is 3.52. The fraction of sp³-hybridized carbons (Fsp3) is 0.273. The predicted octanol–water partition coefficient (Wildman–Crippen LogP) is 2.47. The molecule has 2 heteroatoms. The molecule has 1 N–H and O–H groups in total. The first-order valence-electron chi connectivity index (χ1n) is 4.25. The first kappa shape index (κ1) is 10.4. The van der Waals surface area contributed by atoms with Crippen LogP contribution in [0.1, 0.15) is 5.56 Å². The summed E-state index contributed by atoms with van der Waals surface area (Å²) >= 11 is 1.72. The average molecular weight is 194 g/mol. The molecule has 0 heterocycles. The molecule has 0 aliphatic rings. The number of hydrogen-bond acceptors (Lipinski definition) is 2. The van der Waals surface area contributed by atoms with E-state index in [9.17, 15) is 5.11 Å². The van der Waals surface area contributed by atoms with Crippen LogP contribution in [0.5, 0.6) is 0 Å². The van der Waals surface area contributed by atoms with Gasteiger partial charge in [-0.3, -0.25) is 0 Å². The van der Waals surface area contributed by atoms with E-state index in [0.717, 1.165) is 11.5 Å². The molecule has 70 valence electrons. The van der Waals surface area contributed by atoms with Gasteiger partial charge in [-0.2, -0.15) is 11.8 Å². The lowest BCUT2D eigenvalue weighted by atomic mass is 10.2. The molecular weight excluding hydrogens is 180 g/mol. The maximum atomic E-state index is 9.20. The number of aliphatic hydroxyl groups is 1. The maximum absolute atomic E-state index is 9.20. The zero-order chi connectivity index (χ0) is 9.52. The Balaban J connectivity index is 2.24. The molecule has 1 aromatic rings. The van der Waals surface area contributed by atoms with Gasteiger partial charge in [0.25, 0.3) is 0 Å². The van der Waals surface area contributed by atoms with Crippen molar-refractivity contribution in [1.82, 2.24) is 0 Å². The van der Waals surface area contributed by atoms with Crippen LogP contribution in [0, 0.1) is 0 Å². The third kappa shape index (κ3) is 4.15. The predicted molar refractivity (Wildman–Crippen MR) is 58.8 cm³/mol. The molecule has 0 saturated heterocycles. The van der Waals surface area contributed by atoms with Crippen LogP contribution >= 0.6 is 11.8 Å². The number of benzene rings is 1. The molecule has 0 amide bonds. The van der Waals surface area contributed by atoms with Crippen molar-refractivity contribution in [3.63, 3.8) is 0 Å². The normalized spacial score (nSPS) is 12.4. The van der Waals surface area contributed by atoms with E-state index in [-0.39, 0.29) is 6.10 Å². The lowest BCUT2D eigenvalue weighted by molar-refractivity contribution is 0.249. The van der Waals surface area contributed by atoms with E-state index >= 15 is 0 Å². The molecule has 1 nitrogen and oxygen atoms in total. The fourth-order valence-electron chi connectivity index (χ4n) is 0.940. The van der Waals surface area contributed by atoms with Crippen LogP contribution in [0.15, 0.2) is 43.0 Å². The lowest BCUT2D eigenvalue weighted by Crippen LogP contribution is -2.04. The van der Waals surface area contributed by atoms with Crippen molar-refractivity contribution < 1.29 is 5.11 Å². The molecule has 0 radical (unpaired) electrons. The van der Waals surface area contributed by atoms with Gasteiger partial charge < -0.3 is 5.11 Å². The van der Waals surface area contributed by atoms with Gasteiger partial charge in [-0.05, 0) is 5.56 Å². The molecule has 0 fully saturated rings. The minimum Gasteiger partial charge on any atom is -0.388 e. The van der Waals surface area contributed by atoms with Crippen LogP contribution in [0.25, 0.3) is 0 Å². The molecule has 0 aliphatic carbocycles. The second kappa shape index (κ2) is 5.84. The Hall–Kier alpha value is -0.730. The van der Waals surface area contributed by atoms with Crippen LogP contribution in [0.2, 0.25) is 0 Å². The van der Waals surface area contributed by atoms with E-state index in [1.54, 1.807) is 17.8 Å². The highest BCUT2D eigenvalue weighted by molar-refractivity contribution is 7.98. The van der Waals surface area contributed by atoms with Crippen molar-refractivity contribution in [3.05, 3.63) is 48.6 Å². The van der Waals surface area contributed by atoms with Crippen molar-refractivity contribution in [2.75, 3.05) is 5.75 Å². The van der Waals surface area contributed by atoms with Crippen molar-refractivity contribution in [2.45, 2.75) is 11.9 Å². The number of rotatable bonds is 5. The van der Waals surface area contributed by atoms with E-state index in [4.69, 9.17) is 0 Å². The first-order chi connectivity index (χ1) is 6.33. The quantitative estimate of drug-likeness (QED) is 0.727. The first-order valence-corrected chi connectivity index (χ1v) is 5.40. The van der Waals surface area contributed by atoms with Gasteiger partial charge in [0.05, 0.1) is 6.10 Å². The highest BCUT2D eigenvalue weighted by Gasteiger charge is 1.98. The van der Waals surface area contributed by atoms with Gasteiger partial charge in [-0.25, -0.2) is 0 Å². The summed E-state index contributed by atoms with van der Waals surface area (Å²) in [7, 11) is 0. The van der Waals surface area contributed by atoms with Crippen LogP contribution < -0.4 is 0 Å². The molecular formula is C11H14OS. The van der Waals surface area contributed by atoms with Crippen LogP contribution in [0.4, 0.5) is 0 Å². The SMILES string of the molecule is C=C[C@H](O)CSCc1ccccc1. The Morgan fingerprint density at radius 3 is 2.69 bits per heavy atom. The molecule has 0 aromatic heterocycles. The molecule has 1 rings (SSSR count). The summed E-state index contributed by atoms with van der Waals surface area (Å²) in [5.74, 6) is 1.67. The van der Waals surface area contributed by atoms with Gasteiger partial charge >= 0.3 is 0 Å². The van der Waals surface area contributed by atoms with Gasteiger partial charge in [-0.15, -0.1) is 6.58 Å². The molecule has 0 unspecified atom stereocenters. The minimum absolute atomic E-state index is 0.381. The molecule has 1 aromatic carbocycles. The molecule has 0 aliphatic heterocycles. The summed E-state index contributed by atoms with van der Waals surface area (Å²) < 4.78 is 0. The van der Waals surface area contributed by atoms with E-state index in [1.165, 1.54) is 5.56 Å². The zero-order valence-electron chi connectivity index (χ0n) is 7.52. The van der Waals surface area contributed by atoms with Crippen molar-refractivity contribution >= 4 is 11.8 Å². The summed E-state index contributed by atoms with van der Waals surface area (Å²) in [6, 6.07) is 10.2. The Bertz CT molecular complexity index is 246. The van der Waals surface area contributed by atoms with Gasteiger partial charge in [0, 0.05) is 11.5 Å². The fourth-order valence-corrected chi connectivity index (χ4v) is 1.86.